The van der Waals surface area contributed by atoms with Gasteiger partial charge in [-0.3, -0.25) is 0 Å². The molecule has 1 aliphatic heterocycles. The third-order valence-corrected chi connectivity index (χ3v) is 3.02. The molecule has 0 saturated heterocycles. The van der Waals surface area contributed by atoms with E-state index in [0.29, 0.717) is 17.0 Å². The summed E-state index contributed by atoms with van der Waals surface area (Å²) in [4.78, 5) is 4.38. The molecule has 2 N–H and O–H groups in total. The number of para-hydroxylation sites is 1. The number of hydrogen-bond donors (Lipinski definition) is 1. The summed E-state index contributed by atoms with van der Waals surface area (Å²) in [7, 11) is 0. The van der Waals surface area contributed by atoms with E-state index in [1.165, 1.54) is 11.8 Å². The Labute approximate surface area is 92.3 Å². The molecule has 0 spiro atoms. The molecule has 0 fully saturated rings. The van der Waals surface area contributed by atoms with Crippen molar-refractivity contribution in [2.75, 3.05) is 5.75 Å². The lowest BCUT2D eigenvalue weighted by Gasteiger charge is -1.96. The number of aliphatic imine (C=N–C) groups is 1. The lowest BCUT2D eigenvalue weighted by atomic mass is 10.2. The first-order valence-electron chi connectivity index (χ1n) is 4.47. The summed E-state index contributed by atoms with van der Waals surface area (Å²) >= 11 is 1.51. The Bertz CT molecular complexity index is 468. The van der Waals surface area contributed by atoms with Crippen LogP contribution >= 0.6 is 11.8 Å². The maximum atomic E-state index is 8.90. The van der Waals surface area contributed by atoms with Crippen molar-refractivity contribution in [3.05, 3.63) is 41.6 Å². The maximum absolute atomic E-state index is 8.90. The van der Waals surface area contributed by atoms with Crippen molar-refractivity contribution in [2.24, 2.45) is 10.7 Å². The van der Waals surface area contributed by atoms with Crippen LogP contribution < -0.4 is 5.73 Å². The van der Waals surface area contributed by atoms with Crippen LogP contribution in [0, 0.1) is 11.3 Å². The molecule has 0 aromatic heterocycles. The van der Waals surface area contributed by atoms with Crippen LogP contribution in [-0.4, -0.2) is 10.8 Å². The Balaban J connectivity index is 2.35. The van der Waals surface area contributed by atoms with Crippen LogP contribution in [0.25, 0.3) is 0 Å². The van der Waals surface area contributed by atoms with E-state index in [1.807, 2.05) is 30.3 Å². The van der Waals surface area contributed by atoms with Gasteiger partial charge in [-0.1, -0.05) is 30.0 Å². The van der Waals surface area contributed by atoms with Gasteiger partial charge in [0.2, 0.25) is 0 Å². The normalized spacial score (nSPS) is 18.2. The number of nitriles is 1. The minimum Gasteiger partial charge on any atom is -0.400 e. The van der Waals surface area contributed by atoms with E-state index in [0.717, 1.165) is 10.7 Å². The van der Waals surface area contributed by atoms with Crippen molar-refractivity contribution in [2.45, 2.75) is 0 Å². The van der Waals surface area contributed by atoms with Crippen LogP contribution in [-0.2, 0) is 0 Å². The molecule has 74 valence electrons. The van der Waals surface area contributed by atoms with Crippen LogP contribution in [0.15, 0.2) is 46.6 Å². The molecule has 1 aromatic carbocycles. The zero-order chi connectivity index (χ0) is 10.7. The summed E-state index contributed by atoms with van der Waals surface area (Å²) in [6.45, 7) is 0. The quantitative estimate of drug-likeness (QED) is 0.781. The van der Waals surface area contributed by atoms with Crippen LogP contribution in [0.1, 0.15) is 0 Å². The third kappa shape index (κ3) is 2.03. The van der Waals surface area contributed by atoms with Gasteiger partial charge in [-0.15, -0.1) is 0 Å². The van der Waals surface area contributed by atoms with Crippen LogP contribution in [0.4, 0.5) is 5.69 Å². The van der Waals surface area contributed by atoms with Gasteiger partial charge in [0, 0.05) is 11.4 Å². The largest absolute Gasteiger partial charge is 0.400 e. The lowest BCUT2D eigenvalue weighted by Crippen LogP contribution is -1.99. The zero-order valence-corrected chi connectivity index (χ0v) is 8.79. The summed E-state index contributed by atoms with van der Waals surface area (Å²) in [5.74, 6) is 0.661. The summed E-state index contributed by atoms with van der Waals surface area (Å²) in [5.41, 5.74) is 7.68. The number of thioether (sulfide) groups is 1. The second-order valence-electron chi connectivity index (χ2n) is 3.05. The SMILES string of the molecule is N#CC1=C(N)CSC1=Nc1ccccc1. The molecule has 3 nitrogen and oxygen atoms in total. The summed E-state index contributed by atoms with van der Waals surface area (Å²) in [6, 6.07) is 11.6. The third-order valence-electron chi connectivity index (χ3n) is 2.00. The van der Waals surface area contributed by atoms with E-state index in [1.54, 1.807) is 0 Å². The molecule has 0 saturated carbocycles. The average molecular weight is 215 g/mol. The second kappa shape index (κ2) is 4.20. The van der Waals surface area contributed by atoms with E-state index < -0.39 is 0 Å². The molecule has 0 radical (unpaired) electrons. The van der Waals surface area contributed by atoms with Crippen molar-refractivity contribution in [3.8, 4) is 6.07 Å². The highest BCUT2D eigenvalue weighted by Gasteiger charge is 2.19. The van der Waals surface area contributed by atoms with Gasteiger partial charge < -0.3 is 5.73 Å². The Morgan fingerprint density at radius 2 is 2.07 bits per heavy atom. The number of benzene rings is 1. The molecular weight excluding hydrogens is 206 g/mol. The fourth-order valence-electron chi connectivity index (χ4n) is 1.26. The average Bonchev–Trinajstić information content (AvgIpc) is 2.61. The Hall–Kier alpha value is -1.73. The van der Waals surface area contributed by atoms with Gasteiger partial charge in [-0.05, 0) is 12.1 Å². The molecular formula is C11H9N3S. The van der Waals surface area contributed by atoms with Crippen molar-refractivity contribution in [3.63, 3.8) is 0 Å². The minimum atomic E-state index is 0.517. The Morgan fingerprint density at radius 3 is 2.73 bits per heavy atom. The van der Waals surface area contributed by atoms with Crippen LogP contribution in [0.2, 0.25) is 0 Å². The smallest absolute Gasteiger partial charge is 0.117 e. The highest BCUT2D eigenvalue weighted by atomic mass is 32.2. The predicted molar refractivity (Wildman–Crippen MR) is 62.8 cm³/mol. The van der Waals surface area contributed by atoms with E-state index in [2.05, 4.69) is 11.1 Å². The molecule has 15 heavy (non-hydrogen) atoms. The Kier molecular flexibility index (Phi) is 2.75. The van der Waals surface area contributed by atoms with Crippen LogP contribution in [0.3, 0.4) is 0 Å². The summed E-state index contributed by atoms with van der Waals surface area (Å²) in [6.07, 6.45) is 0. The van der Waals surface area contributed by atoms with Gasteiger partial charge in [0.25, 0.3) is 0 Å². The van der Waals surface area contributed by atoms with Gasteiger partial charge in [0.15, 0.2) is 0 Å². The molecule has 0 atom stereocenters. The van der Waals surface area contributed by atoms with Crippen molar-refractivity contribution in [1.82, 2.24) is 0 Å². The highest BCUT2D eigenvalue weighted by Crippen LogP contribution is 2.27. The van der Waals surface area contributed by atoms with E-state index in [9.17, 15) is 0 Å². The highest BCUT2D eigenvalue weighted by molar-refractivity contribution is 8.15. The summed E-state index contributed by atoms with van der Waals surface area (Å²) in [5, 5.41) is 9.63. The molecule has 1 aromatic rings. The topological polar surface area (TPSA) is 62.2 Å². The van der Waals surface area contributed by atoms with Gasteiger partial charge in [-0.25, -0.2) is 4.99 Å². The van der Waals surface area contributed by atoms with Gasteiger partial charge in [-0.2, -0.15) is 5.26 Å². The number of nitrogens with two attached hydrogens (primary N) is 1. The number of rotatable bonds is 1. The number of nitrogens with zero attached hydrogens (tertiary/aromatic N) is 2. The van der Waals surface area contributed by atoms with Crippen molar-refractivity contribution >= 4 is 22.5 Å². The standard InChI is InChI=1S/C11H9N3S/c12-6-9-10(13)7-15-11(9)14-8-4-2-1-3-5-8/h1-5H,7,13H2. The molecule has 2 rings (SSSR count). The Morgan fingerprint density at radius 1 is 1.33 bits per heavy atom. The molecule has 0 amide bonds. The van der Waals surface area contributed by atoms with Crippen molar-refractivity contribution in [1.29, 1.82) is 5.26 Å². The van der Waals surface area contributed by atoms with Gasteiger partial charge in [0.1, 0.15) is 16.7 Å². The first-order valence-corrected chi connectivity index (χ1v) is 5.45. The van der Waals surface area contributed by atoms with Gasteiger partial charge in [0.05, 0.1) is 5.69 Å². The molecule has 4 heteroatoms. The van der Waals surface area contributed by atoms with E-state index >= 15 is 0 Å². The molecule has 1 heterocycles. The fraction of sp³-hybridized carbons (Fsp3) is 0.0909. The molecule has 1 aliphatic rings. The monoisotopic (exact) mass is 215 g/mol. The predicted octanol–water partition coefficient (Wildman–Crippen LogP) is 2.20. The van der Waals surface area contributed by atoms with E-state index in [-0.39, 0.29) is 0 Å². The number of hydrogen-bond acceptors (Lipinski definition) is 4. The zero-order valence-electron chi connectivity index (χ0n) is 7.97. The molecule has 0 unspecified atom stereocenters. The maximum Gasteiger partial charge on any atom is 0.117 e. The summed E-state index contributed by atoms with van der Waals surface area (Å²) < 4.78 is 0. The second-order valence-corrected chi connectivity index (χ2v) is 4.02. The van der Waals surface area contributed by atoms with Crippen molar-refractivity contribution < 1.29 is 0 Å². The molecule has 0 aliphatic carbocycles. The van der Waals surface area contributed by atoms with Gasteiger partial charge >= 0.3 is 0 Å². The van der Waals surface area contributed by atoms with Crippen LogP contribution in [0.5, 0.6) is 0 Å². The lowest BCUT2D eigenvalue weighted by molar-refractivity contribution is 1.32. The first kappa shape index (κ1) is 9.81. The fourth-order valence-corrected chi connectivity index (χ4v) is 2.18. The molecule has 0 bridgehead atoms. The van der Waals surface area contributed by atoms with E-state index in [4.69, 9.17) is 11.0 Å². The first-order chi connectivity index (χ1) is 7.31. The minimum absolute atomic E-state index is 0.517.